The molecule has 2 N–H and O–H groups in total. The number of nitrogens with zero attached hydrogens (tertiary/aromatic N) is 1. The van der Waals surface area contributed by atoms with Crippen LogP contribution in [0.1, 0.15) is 42.4 Å². The molecule has 1 aliphatic heterocycles. The molecule has 1 amide bonds. The summed E-state index contributed by atoms with van der Waals surface area (Å²) in [6.07, 6.45) is -6.86. The van der Waals surface area contributed by atoms with Crippen molar-refractivity contribution >= 4 is 35.4 Å². The number of carbonyl (C=O) groups excluding carboxylic acids is 1. The van der Waals surface area contributed by atoms with Gasteiger partial charge in [0.25, 0.3) is 0 Å². The minimum atomic E-state index is -5.35. The van der Waals surface area contributed by atoms with Gasteiger partial charge < -0.3 is 20.1 Å². The van der Waals surface area contributed by atoms with E-state index in [1.807, 2.05) is 0 Å². The first-order valence-electron chi connectivity index (χ1n) is 13.0. The highest BCUT2D eigenvalue weighted by Crippen LogP contribution is 2.48. The van der Waals surface area contributed by atoms with Crippen LogP contribution in [0.4, 0.5) is 32.0 Å². The van der Waals surface area contributed by atoms with Crippen LogP contribution in [0, 0.1) is 5.92 Å². The third-order valence-electron chi connectivity index (χ3n) is 7.00. The lowest BCUT2D eigenvalue weighted by atomic mass is 9.86. The summed E-state index contributed by atoms with van der Waals surface area (Å²) >= 11 is 0.557. The zero-order valence-corrected chi connectivity index (χ0v) is 22.5. The summed E-state index contributed by atoms with van der Waals surface area (Å²) in [6.45, 7) is 0.993. The maximum Gasteiger partial charge on any atom is 0.418 e. The number of ether oxygens (including phenoxy) is 1. The highest BCUT2D eigenvalue weighted by atomic mass is 32.2. The number of benzene rings is 2. The number of nitrogens with one attached hydrogen (secondary N) is 1. The van der Waals surface area contributed by atoms with Gasteiger partial charge in [0.15, 0.2) is 0 Å². The number of alkyl halides is 6. The van der Waals surface area contributed by atoms with E-state index in [-0.39, 0.29) is 32.3 Å². The van der Waals surface area contributed by atoms with Crippen LogP contribution in [0.15, 0.2) is 52.3 Å². The molecular formula is C28H28F6N2O4S. The summed E-state index contributed by atoms with van der Waals surface area (Å²) < 4.78 is 90.2. The molecule has 2 aromatic carbocycles. The summed E-state index contributed by atoms with van der Waals surface area (Å²) in [7, 11) is 0. The Balaban J connectivity index is 1.60. The Morgan fingerprint density at radius 2 is 1.61 bits per heavy atom. The fourth-order valence-corrected chi connectivity index (χ4v) is 6.00. The van der Waals surface area contributed by atoms with Gasteiger partial charge in [-0.05, 0) is 61.6 Å². The van der Waals surface area contributed by atoms with E-state index in [2.05, 4.69) is 5.32 Å². The van der Waals surface area contributed by atoms with Crippen LogP contribution in [0.5, 0.6) is 0 Å². The third-order valence-corrected chi connectivity index (χ3v) is 8.05. The van der Waals surface area contributed by atoms with Gasteiger partial charge in [0.2, 0.25) is 5.91 Å². The molecule has 2 aromatic rings. The molecule has 6 nitrogen and oxygen atoms in total. The van der Waals surface area contributed by atoms with E-state index in [0.29, 0.717) is 48.0 Å². The Bertz CT molecular complexity index is 1280. The van der Waals surface area contributed by atoms with Crippen LogP contribution >= 0.6 is 11.8 Å². The predicted molar refractivity (Wildman–Crippen MR) is 140 cm³/mol. The van der Waals surface area contributed by atoms with Crippen LogP contribution < -0.4 is 5.32 Å². The number of amides is 1. The average Bonchev–Trinajstić information content (AvgIpc) is 2.91. The molecule has 0 bridgehead atoms. The minimum Gasteiger partial charge on any atom is -0.481 e. The Hall–Kier alpha value is -3.19. The zero-order valence-electron chi connectivity index (χ0n) is 21.7. The van der Waals surface area contributed by atoms with Gasteiger partial charge in [0.05, 0.1) is 30.3 Å². The van der Waals surface area contributed by atoms with Gasteiger partial charge in [-0.25, -0.2) is 0 Å². The highest BCUT2D eigenvalue weighted by molar-refractivity contribution is 7.99. The standard InChI is InChI=1S/C28H28F6N2O4S/c29-27(30,31)24-17(7-11-23(37)36-12-14-40-15-13-36)6-10-22(25(24)28(32,33)34)41-21-3-1-2-20(16-21)35-19-8-4-18(5-9-19)26(38)39/h1-3,6-7,10-11,16,18-19,35H,4-5,8-9,12-15H2,(H,38,39). The lowest BCUT2D eigenvalue weighted by molar-refractivity contribution is -0.163. The molecule has 2 aliphatic rings. The van der Waals surface area contributed by atoms with Crippen LogP contribution in [0.3, 0.4) is 0 Å². The van der Waals surface area contributed by atoms with Crippen molar-refractivity contribution in [3.05, 3.63) is 59.2 Å². The first-order chi connectivity index (χ1) is 19.3. The number of anilines is 1. The number of hydrogen-bond acceptors (Lipinski definition) is 5. The number of hydrogen-bond donors (Lipinski definition) is 2. The van der Waals surface area contributed by atoms with Crippen molar-refractivity contribution in [3.63, 3.8) is 0 Å². The molecule has 1 saturated heterocycles. The first kappa shape index (κ1) is 30.8. The topological polar surface area (TPSA) is 78.9 Å². The molecular weight excluding hydrogens is 574 g/mol. The Labute approximate surface area is 236 Å². The minimum absolute atomic E-state index is 0.0281. The van der Waals surface area contributed by atoms with E-state index >= 15 is 0 Å². The second-order valence-corrected chi connectivity index (χ2v) is 10.9. The van der Waals surface area contributed by atoms with E-state index in [1.165, 1.54) is 11.0 Å². The van der Waals surface area contributed by atoms with Crippen molar-refractivity contribution < 1.29 is 45.8 Å². The average molecular weight is 603 g/mol. The smallest absolute Gasteiger partial charge is 0.418 e. The molecule has 1 saturated carbocycles. The molecule has 0 unspecified atom stereocenters. The molecule has 2 fully saturated rings. The van der Waals surface area contributed by atoms with Gasteiger partial charge in [-0.2, -0.15) is 26.3 Å². The van der Waals surface area contributed by atoms with E-state index in [4.69, 9.17) is 9.84 Å². The van der Waals surface area contributed by atoms with Gasteiger partial charge in [0, 0.05) is 40.7 Å². The third kappa shape index (κ3) is 7.97. The van der Waals surface area contributed by atoms with Crippen LogP contribution in [-0.4, -0.2) is 54.2 Å². The summed E-state index contributed by atoms with van der Waals surface area (Å²) in [6, 6.07) is 8.22. The highest BCUT2D eigenvalue weighted by Gasteiger charge is 2.46. The number of carboxylic acids is 1. The van der Waals surface area contributed by atoms with Gasteiger partial charge in [-0.3, -0.25) is 9.59 Å². The van der Waals surface area contributed by atoms with Gasteiger partial charge in [0.1, 0.15) is 0 Å². The maximum atomic E-state index is 14.2. The van der Waals surface area contributed by atoms with E-state index in [1.54, 1.807) is 18.2 Å². The van der Waals surface area contributed by atoms with E-state index < -0.39 is 51.7 Å². The molecule has 1 aliphatic carbocycles. The molecule has 0 atom stereocenters. The van der Waals surface area contributed by atoms with Crippen molar-refractivity contribution in [3.8, 4) is 0 Å². The number of halogens is 6. The number of aliphatic carboxylic acids is 1. The summed E-state index contributed by atoms with van der Waals surface area (Å²) in [4.78, 5) is 24.6. The molecule has 41 heavy (non-hydrogen) atoms. The molecule has 0 aromatic heterocycles. The SMILES string of the molecule is O=C(O)C1CCC(Nc2cccc(Sc3ccc(C=CC(=O)N4CCOCC4)c(C(F)(F)F)c3C(F)(F)F)c2)CC1. The van der Waals surface area contributed by atoms with Crippen molar-refractivity contribution in [2.24, 2.45) is 5.92 Å². The number of rotatable bonds is 7. The van der Waals surface area contributed by atoms with Gasteiger partial charge >= 0.3 is 18.3 Å². The molecule has 1 heterocycles. The normalized spacial score (nSPS) is 20.3. The van der Waals surface area contributed by atoms with Crippen LogP contribution in [0.2, 0.25) is 0 Å². The van der Waals surface area contributed by atoms with Crippen molar-refractivity contribution in [2.45, 2.75) is 53.9 Å². The molecule has 0 radical (unpaired) electrons. The quantitative estimate of drug-likeness (QED) is 0.268. The molecule has 13 heteroatoms. The number of carbonyl (C=O) groups is 2. The van der Waals surface area contributed by atoms with Gasteiger partial charge in [-0.1, -0.05) is 23.9 Å². The summed E-state index contributed by atoms with van der Waals surface area (Å²) in [5.74, 6) is -1.87. The Morgan fingerprint density at radius 3 is 2.22 bits per heavy atom. The lowest BCUT2D eigenvalue weighted by Gasteiger charge is -2.27. The first-order valence-corrected chi connectivity index (χ1v) is 13.8. The maximum absolute atomic E-state index is 14.2. The Morgan fingerprint density at radius 1 is 0.951 bits per heavy atom. The largest absolute Gasteiger partial charge is 0.481 e. The molecule has 4 rings (SSSR count). The second-order valence-electron chi connectivity index (χ2n) is 9.83. The second kappa shape index (κ2) is 12.8. The zero-order chi connectivity index (χ0) is 29.8. The number of morpholine rings is 1. The predicted octanol–water partition coefficient (Wildman–Crippen LogP) is 6.80. The fraction of sp³-hybridized carbons (Fsp3) is 0.429. The fourth-order valence-electron chi connectivity index (χ4n) is 4.96. The van der Waals surface area contributed by atoms with E-state index in [9.17, 15) is 35.9 Å². The van der Waals surface area contributed by atoms with Crippen LogP contribution in [0.25, 0.3) is 6.08 Å². The van der Waals surface area contributed by atoms with Crippen molar-refractivity contribution in [1.29, 1.82) is 0 Å². The number of carboxylic acid groups (broad SMARTS) is 1. The summed E-state index contributed by atoms with van der Waals surface area (Å²) in [5.41, 5.74) is -3.87. The van der Waals surface area contributed by atoms with Gasteiger partial charge in [-0.15, -0.1) is 0 Å². The lowest BCUT2D eigenvalue weighted by Crippen LogP contribution is -2.39. The molecule has 0 spiro atoms. The van der Waals surface area contributed by atoms with E-state index in [0.717, 1.165) is 24.3 Å². The van der Waals surface area contributed by atoms with Crippen molar-refractivity contribution in [1.82, 2.24) is 4.90 Å². The summed E-state index contributed by atoms with van der Waals surface area (Å²) in [5, 5.41) is 12.4. The Kier molecular flexibility index (Phi) is 9.58. The van der Waals surface area contributed by atoms with Crippen LogP contribution in [-0.2, 0) is 26.7 Å². The monoisotopic (exact) mass is 602 g/mol. The molecule has 222 valence electrons. The van der Waals surface area contributed by atoms with Crippen molar-refractivity contribution in [2.75, 3.05) is 31.6 Å².